The van der Waals surface area contributed by atoms with E-state index >= 15 is 0 Å². The molecule has 2 N–H and O–H groups in total. The highest BCUT2D eigenvalue weighted by molar-refractivity contribution is 6.32. The highest BCUT2D eigenvalue weighted by Crippen LogP contribution is 2.40. The lowest BCUT2D eigenvalue weighted by atomic mass is 9.97. The lowest BCUT2D eigenvalue weighted by Crippen LogP contribution is -2.19. The molecule has 2 aromatic heterocycles. The van der Waals surface area contributed by atoms with E-state index in [1.807, 2.05) is 43.5 Å². The molecule has 0 radical (unpaired) electrons. The number of aromatic nitrogens is 2. The van der Waals surface area contributed by atoms with E-state index in [4.69, 9.17) is 16.6 Å². The third-order valence-electron chi connectivity index (χ3n) is 7.62. The van der Waals surface area contributed by atoms with Crippen LogP contribution in [-0.4, -0.2) is 38.8 Å². The van der Waals surface area contributed by atoms with Crippen LogP contribution in [0.25, 0.3) is 22.0 Å². The molecule has 0 bridgehead atoms. The molecule has 4 aromatic rings. The van der Waals surface area contributed by atoms with Gasteiger partial charge in [0.05, 0.1) is 39.4 Å². The van der Waals surface area contributed by atoms with Crippen molar-refractivity contribution < 1.29 is 9.90 Å². The van der Waals surface area contributed by atoms with Crippen molar-refractivity contribution in [2.75, 3.05) is 18.4 Å². The van der Waals surface area contributed by atoms with Gasteiger partial charge in [0.1, 0.15) is 5.75 Å². The molecule has 1 aliphatic heterocycles. The van der Waals surface area contributed by atoms with Crippen LogP contribution < -0.4 is 5.32 Å². The van der Waals surface area contributed by atoms with Crippen LogP contribution in [0.4, 0.5) is 11.4 Å². The molecule has 1 saturated heterocycles. The van der Waals surface area contributed by atoms with Gasteiger partial charge in [-0.2, -0.15) is 0 Å². The van der Waals surface area contributed by atoms with E-state index in [-0.39, 0.29) is 17.5 Å². The number of carbonyl (C=O) groups is 1. The van der Waals surface area contributed by atoms with E-state index in [1.165, 1.54) is 12.8 Å². The summed E-state index contributed by atoms with van der Waals surface area (Å²) < 4.78 is 0. The molecular weight excluding hydrogens is 496 g/mol. The Balaban J connectivity index is 1.40. The third kappa shape index (κ3) is 4.98. The summed E-state index contributed by atoms with van der Waals surface area (Å²) in [5, 5.41) is 15.0. The minimum absolute atomic E-state index is 0.0713. The van der Waals surface area contributed by atoms with E-state index in [0.717, 1.165) is 77.1 Å². The Morgan fingerprint density at radius 3 is 2.58 bits per heavy atom. The van der Waals surface area contributed by atoms with Gasteiger partial charge in [0, 0.05) is 24.0 Å². The number of phenols is 1. The second-order valence-corrected chi connectivity index (χ2v) is 10.8. The van der Waals surface area contributed by atoms with Crippen LogP contribution >= 0.6 is 11.6 Å². The average molecular weight is 527 g/mol. The van der Waals surface area contributed by atoms with Crippen molar-refractivity contribution in [1.82, 2.24) is 14.9 Å². The number of halogens is 1. The van der Waals surface area contributed by atoms with Gasteiger partial charge >= 0.3 is 0 Å². The fourth-order valence-corrected chi connectivity index (χ4v) is 5.50. The fraction of sp³-hybridized carbons (Fsp3) is 0.323. The summed E-state index contributed by atoms with van der Waals surface area (Å²) in [5.74, 6) is 0.328. The number of ketones is 1. The number of nitrogens with one attached hydrogen (secondary N) is 1. The zero-order valence-corrected chi connectivity index (χ0v) is 22.3. The molecule has 1 saturated carbocycles. The molecule has 2 fully saturated rings. The van der Waals surface area contributed by atoms with Crippen molar-refractivity contribution in [2.45, 2.75) is 45.6 Å². The molecule has 1 aliphatic carbocycles. The zero-order valence-electron chi connectivity index (χ0n) is 21.5. The number of likely N-dealkylation sites (tertiary alicyclic amines) is 1. The van der Waals surface area contributed by atoms with Crippen molar-refractivity contribution in [1.29, 1.82) is 0 Å². The Bertz CT molecular complexity index is 1510. The van der Waals surface area contributed by atoms with Crippen LogP contribution in [0.15, 0.2) is 54.9 Å². The maximum atomic E-state index is 13.3. The van der Waals surface area contributed by atoms with Gasteiger partial charge in [-0.1, -0.05) is 24.6 Å². The molecule has 6 rings (SSSR count). The van der Waals surface area contributed by atoms with Gasteiger partial charge in [0.25, 0.3) is 0 Å². The molecule has 194 valence electrons. The Hall–Kier alpha value is -3.48. The summed E-state index contributed by atoms with van der Waals surface area (Å²) in [6.45, 7) is 5.11. The Morgan fingerprint density at radius 1 is 1.05 bits per heavy atom. The molecular formula is C31H31ClN4O2. The van der Waals surface area contributed by atoms with Crippen LogP contribution in [0.5, 0.6) is 5.75 Å². The molecule has 0 spiro atoms. The summed E-state index contributed by atoms with van der Waals surface area (Å²) in [7, 11) is 0. The monoisotopic (exact) mass is 526 g/mol. The van der Waals surface area contributed by atoms with Crippen LogP contribution in [0, 0.1) is 5.92 Å². The van der Waals surface area contributed by atoms with Gasteiger partial charge in [-0.05, 0) is 98.3 Å². The van der Waals surface area contributed by atoms with Gasteiger partial charge in [0.2, 0.25) is 0 Å². The lowest BCUT2D eigenvalue weighted by molar-refractivity contribution is 0.0968. The van der Waals surface area contributed by atoms with Gasteiger partial charge in [-0.15, -0.1) is 0 Å². The highest BCUT2D eigenvalue weighted by atomic mass is 35.5. The molecule has 0 atom stereocenters. The van der Waals surface area contributed by atoms with Crippen molar-refractivity contribution in [3.05, 3.63) is 76.7 Å². The van der Waals surface area contributed by atoms with Crippen molar-refractivity contribution in [3.63, 3.8) is 0 Å². The minimum Gasteiger partial charge on any atom is -0.506 e. The van der Waals surface area contributed by atoms with Crippen LogP contribution in [0.1, 0.15) is 54.2 Å². The zero-order chi connectivity index (χ0) is 26.2. The second-order valence-electron chi connectivity index (χ2n) is 10.4. The number of anilines is 2. The molecule has 0 unspecified atom stereocenters. The number of aromatic hydroxyl groups is 1. The molecule has 7 heteroatoms. The van der Waals surface area contributed by atoms with Crippen molar-refractivity contribution in [2.24, 2.45) is 5.92 Å². The number of phenolic OH excluding ortho intramolecular Hbond substituents is 1. The van der Waals surface area contributed by atoms with E-state index in [1.54, 1.807) is 12.3 Å². The molecule has 6 nitrogen and oxygen atoms in total. The van der Waals surface area contributed by atoms with Gasteiger partial charge in [-0.3, -0.25) is 19.7 Å². The van der Waals surface area contributed by atoms with Crippen LogP contribution in [-0.2, 0) is 13.0 Å². The number of fused-ring (bicyclic) bond motifs is 1. The largest absolute Gasteiger partial charge is 0.506 e. The van der Waals surface area contributed by atoms with Crippen LogP contribution in [0.3, 0.4) is 0 Å². The van der Waals surface area contributed by atoms with Crippen LogP contribution in [0.2, 0.25) is 5.02 Å². The predicted molar refractivity (Wildman–Crippen MR) is 152 cm³/mol. The van der Waals surface area contributed by atoms with E-state index in [2.05, 4.69) is 21.3 Å². The van der Waals surface area contributed by atoms with E-state index in [0.29, 0.717) is 17.0 Å². The minimum atomic E-state index is 0.0713. The summed E-state index contributed by atoms with van der Waals surface area (Å²) in [6.07, 6.45) is 8.58. The van der Waals surface area contributed by atoms with E-state index < -0.39 is 0 Å². The number of rotatable bonds is 8. The molecule has 3 heterocycles. The molecule has 0 amide bonds. The summed E-state index contributed by atoms with van der Waals surface area (Å²) in [4.78, 5) is 25.1. The topological polar surface area (TPSA) is 78.4 Å². The third-order valence-corrected chi connectivity index (χ3v) is 7.90. The van der Waals surface area contributed by atoms with Gasteiger partial charge in [0.15, 0.2) is 5.78 Å². The summed E-state index contributed by atoms with van der Waals surface area (Å²) in [5.41, 5.74) is 6.67. The quantitative estimate of drug-likeness (QED) is 0.237. The SMILES string of the molecule is CCc1cc(-c2ccc3ncc(C(=O)C4CC4)c(Nc4ccc(CN5CCCC5)nc4)c3c2)cc(Cl)c1O. The first-order valence-electron chi connectivity index (χ1n) is 13.4. The average Bonchev–Trinajstić information content (AvgIpc) is 3.67. The lowest BCUT2D eigenvalue weighted by Gasteiger charge is -2.17. The summed E-state index contributed by atoms with van der Waals surface area (Å²) >= 11 is 6.35. The number of aryl methyl sites for hydroxylation is 1. The normalized spacial score (nSPS) is 15.7. The van der Waals surface area contributed by atoms with Crippen molar-refractivity contribution >= 4 is 39.7 Å². The number of nitrogens with zero attached hydrogens (tertiary/aromatic N) is 3. The molecule has 2 aliphatic rings. The number of benzene rings is 2. The standard InChI is InChI=1S/C31H31ClN4O2/c1-2-19-13-22(15-27(32)31(19)38)21-7-10-28-25(14-21)29(26(17-34-28)30(37)20-5-6-20)35-23-8-9-24(33-16-23)18-36-11-3-4-12-36/h7-10,13-17,20,38H,2-6,11-12,18H2,1H3,(H,34,35). The number of pyridine rings is 2. The first kappa shape index (κ1) is 24.8. The predicted octanol–water partition coefficient (Wildman–Crippen LogP) is 7.15. The maximum Gasteiger partial charge on any atom is 0.169 e. The molecule has 38 heavy (non-hydrogen) atoms. The second kappa shape index (κ2) is 10.4. The molecule has 2 aromatic carbocycles. The number of hydrogen-bond donors (Lipinski definition) is 2. The number of carbonyl (C=O) groups excluding carboxylic acids is 1. The Labute approximate surface area is 227 Å². The fourth-order valence-electron chi connectivity index (χ4n) is 5.26. The van der Waals surface area contributed by atoms with Gasteiger partial charge in [-0.25, -0.2) is 0 Å². The summed E-state index contributed by atoms with van der Waals surface area (Å²) in [6, 6.07) is 13.8. The first-order valence-corrected chi connectivity index (χ1v) is 13.8. The first-order chi connectivity index (χ1) is 18.5. The Morgan fingerprint density at radius 2 is 1.87 bits per heavy atom. The number of hydrogen-bond acceptors (Lipinski definition) is 6. The van der Waals surface area contributed by atoms with E-state index in [9.17, 15) is 9.90 Å². The highest BCUT2D eigenvalue weighted by Gasteiger charge is 2.32. The maximum absolute atomic E-state index is 13.3. The smallest absolute Gasteiger partial charge is 0.169 e. The van der Waals surface area contributed by atoms with Gasteiger partial charge < -0.3 is 10.4 Å². The number of Topliss-reactive ketones (excluding diaryl/α,β-unsaturated/α-hetero) is 1. The Kier molecular flexibility index (Phi) is 6.76. The van der Waals surface area contributed by atoms with Crippen molar-refractivity contribution in [3.8, 4) is 16.9 Å².